The number of anilines is 4. The summed E-state index contributed by atoms with van der Waals surface area (Å²) in [5.41, 5.74) is 8.05. The van der Waals surface area contributed by atoms with Crippen LogP contribution in [0.4, 0.5) is 23.5 Å². The van der Waals surface area contributed by atoms with Gasteiger partial charge < -0.3 is 21.3 Å². The number of rotatable bonds is 16. The third-order valence-corrected chi connectivity index (χ3v) is 10.7. The van der Waals surface area contributed by atoms with Crippen LogP contribution in [0.1, 0.15) is 76.7 Å². The summed E-state index contributed by atoms with van der Waals surface area (Å²) in [4.78, 5) is 20.6. The molecule has 2 heterocycles. The van der Waals surface area contributed by atoms with Gasteiger partial charge in [0.25, 0.3) is 0 Å². The largest absolute Gasteiger partial charge is 0.366 e. The Morgan fingerprint density at radius 1 is 0.404 bits per heavy atom. The number of nitrogens with zero attached hydrogens (tertiary/aromatic N) is 4. The molecule has 2 atom stereocenters. The zero-order valence-electron chi connectivity index (χ0n) is 32.6. The molecule has 1 aliphatic carbocycles. The highest BCUT2D eigenvalue weighted by molar-refractivity contribution is 5.53. The van der Waals surface area contributed by atoms with Gasteiger partial charge in [-0.25, -0.2) is 9.97 Å². The van der Waals surface area contributed by atoms with Gasteiger partial charge in [0.15, 0.2) is 0 Å². The summed E-state index contributed by atoms with van der Waals surface area (Å²) >= 11 is 0. The zero-order valence-corrected chi connectivity index (χ0v) is 32.6. The standard InChI is InChI=1S/C49H50N8/c1-34(2)30-52-48-54-40(28-42(56-48)50-31-35-18-8-3-9-19-35)46-44(38-24-14-6-15-25-38)47(45(46)39-26-16-7-17-27-39)41-29-43(51-32-36-20-10-4-11-21-36)57-49(55-41)53-33-37-22-12-5-13-23-37/h3-29,34,44-47H,30-33H2,1-2H3,(H2,50,52,54,56)(H2,51,53,55,57)/t44-,45-,46-,47-/m0/s1. The van der Waals surface area contributed by atoms with Crippen LogP contribution in [0.3, 0.4) is 0 Å². The molecule has 0 saturated heterocycles. The highest BCUT2D eigenvalue weighted by atomic mass is 15.2. The van der Waals surface area contributed by atoms with Crippen LogP contribution in [0.2, 0.25) is 0 Å². The molecule has 4 N–H and O–H groups in total. The lowest BCUT2D eigenvalue weighted by atomic mass is 9.50. The van der Waals surface area contributed by atoms with Crippen LogP contribution in [0.25, 0.3) is 0 Å². The summed E-state index contributed by atoms with van der Waals surface area (Å²) in [7, 11) is 0. The molecule has 8 nitrogen and oxygen atoms in total. The maximum absolute atomic E-state index is 5.33. The molecular formula is C49H50N8. The van der Waals surface area contributed by atoms with Gasteiger partial charge in [0.1, 0.15) is 11.6 Å². The van der Waals surface area contributed by atoms with Crippen LogP contribution >= 0.6 is 0 Å². The molecule has 0 unspecified atom stereocenters. The topological polar surface area (TPSA) is 99.7 Å². The van der Waals surface area contributed by atoms with Gasteiger partial charge in [-0.15, -0.1) is 0 Å². The molecule has 57 heavy (non-hydrogen) atoms. The van der Waals surface area contributed by atoms with Crippen LogP contribution in [-0.4, -0.2) is 26.5 Å². The zero-order chi connectivity index (χ0) is 38.8. The molecule has 0 radical (unpaired) electrons. The van der Waals surface area contributed by atoms with E-state index < -0.39 is 0 Å². The van der Waals surface area contributed by atoms with Gasteiger partial charge in [0.2, 0.25) is 11.9 Å². The van der Waals surface area contributed by atoms with Crippen molar-refractivity contribution >= 4 is 23.5 Å². The van der Waals surface area contributed by atoms with Crippen LogP contribution in [0.15, 0.2) is 164 Å². The summed E-state index contributed by atoms with van der Waals surface area (Å²) in [6.45, 7) is 7.11. The van der Waals surface area contributed by atoms with Gasteiger partial charge in [-0.3, -0.25) is 0 Å². The van der Waals surface area contributed by atoms with Crippen molar-refractivity contribution in [2.24, 2.45) is 5.92 Å². The van der Waals surface area contributed by atoms with E-state index in [2.05, 4.69) is 181 Å². The van der Waals surface area contributed by atoms with E-state index in [1.807, 2.05) is 18.2 Å². The maximum Gasteiger partial charge on any atom is 0.225 e. The molecule has 0 amide bonds. The second kappa shape index (κ2) is 17.9. The molecule has 7 aromatic rings. The van der Waals surface area contributed by atoms with E-state index in [0.29, 0.717) is 37.4 Å². The van der Waals surface area contributed by atoms with E-state index in [4.69, 9.17) is 19.9 Å². The van der Waals surface area contributed by atoms with E-state index in [0.717, 1.165) is 29.6 Å². The molecular weight excluding hydrogens is 701 g/mol. The fourth-order valence-electron chi connectivity index (χ4n) is 7.93. The van der Waals surface area contributed by atoms with Crippen LogP contribution in [-0.2, 0) is 19.6 Å². The van der Waals surface area contributed by atoms with Crippen LogP contribution in [0.5, 0.6) is 0 Å². The lowest BCUT2D eigenvalue weighted by molar-refractivity contribution is 0.220. The fourth-order valence-corrected chi connectivity index (χ4v) is 7.93. The summed E-state index contributed by atoms with van der Waals surface area (Å²) in [5, 5.41) is 14.4. The van der Waals surface area contributed by atoms with Gasteiger partial charge in [-0.1, -0.05) is 166 Å². The first-order chi connectivity index (χ1) is 28.1. The van der Waals surface area contributed by atoms with Crippen molar-refractivity contribution in [2.45, 2.75) is 57.2 Å². The number of benzene rings is 5. The smallest absolute Gasteiger partial charge is 0.225 e. The Kier molecular flexibility index (Phi) is 11.8. The lowest BCUT2D eigenvalue weighted by Crippen LogP contribution is -2.41. The Balaban J connectivity index is 1.22. The summed E-state index contributed by atoms with van der Waals surface area (Å²) in [5.74, 6) is 3.48. The first-order valence-corrected chi connectivity index (χ1v) is 20.0. The maximum atomic E-state index is 5.33. The van der Waals surface area contributed by atoms with E-state index in [-0.39, 0.29) is 23.7 Å². The van der Waals surface area contributed by atoms with Crippen molar-refractivity contribution in [3.63, 3.8) is 0 Å². The summed E-state index contributed by atoms with van der Waals surface area (Å²) < 4.78 is 0. The molecule has 5 aromatic carbocycles. The predicted octanol–water partition coefficient (Wildman–Crippen LogP) is 10.6. The molecule has 1 saturated carbocycles. The highest BCUT2D eigenvalue weighted by Gasteiger charge is 2.54. The third-order valence-electron chi connectivity index (χ3n) is 10.7. The number of aromatic nitrogens is 4. The Hall–Kier alpha value is -6.54. The minimum absolute atomic E-state index is 0.0279. The molecule has 1 aliphatic rings. The van der Waals surface area contributed by atoms with Crippen LogP contribution < -0.4 is 21.3 Å². The fraction of sp³-hybridized carbons (Fsp3) is 0.224. The van der Waals surface area contributed by atoms with E-state index in [1.165, 1.54) is 27.8 Å². The Bertz CT molecular complexity index is 2200. The quantitative estimate of drug-likeness (QED) is 0.0775. The van der Waals surface area contributed by atoms with Crippen molar-refractivity contribution in [1.29, 1.82) is 0 Å². The number of hydrogen-bond donors (Lipinski definition) is 4. The molecule has 2 aromatic heterocycles. The van der Waals surface area contributed by atoms with Gasteiger partial charge in [-0.2, -0.15) is 9.97 Å². The second-order valence-corrected chi connectivity index (χ2v) is 15.2. The average Bonchev–Trinajstić information content (AvgIpc) is 3.25. The lowest BCUT2D eigenvalue weighted by Gasteiger charge is -2.52. The molecule has 0 bridgehead atoms. The SMILES string of the molecule is CC(C)CNc1nc(NCc2ccccc2)cc([C@H]2[C@H](c3ccccc3)[C@H](c3cc(NCc4ccccc4)nc(NCc4ccccc4)n3)[C@H]2c2ccccc2)n1. The van der Waals surface area contributed by atoms with Gasteiger partial charge in [0.05, 0.1) is 11.4 Å². The molecule has 0 aliphatic heterocycles. The minimum atomic E-state index is 0.0279. The molecule has 1 fully saturated rings. The van der Waals surface area contributed by atoms with Crippen molar-refractivity contribution in [3.8, 4) is 0 Å². The normalized spacial score (nSPS) is 17.4. The van der Waals surface area contributed by atoms with Crippen molar-refractivity contribution < 1.29 is 0 Å². The Morgan fingerprint density at radius 3 is 1.14 bits per heavy atom. The van der Waals surface area contributed by atoms with Gasteiger partial charge >= 0.3 is 0 Å². The summed E-state index contributed by atoms with van der Waals surface area (Å²) in [6, 6.07) is 57.4. The molecule has 0 spiro atoms. The van der Waals surface area contributed by atoms with E-state index >= 15 is 0 Å². The Labute approximate surface area is 336 Å². The van der Waals surface area contributed by atoms with Crippen molar-refractivity contribution in [1.82, 2.24) is 19.9 Å². The van der Waals surface area contributed by atoms with Crippen molar-refractivity contribution in [2.75, 3.05) is 27.8 Å². The first-order valence-electron chi connectivity index (χ1n) is 20.0. The Morgan fingerprint density at radius 2 is 0.754 bits per heavy atom. The number of nitrogens with one attached hydrogen (secondary N) is 4. The third kappa shape index (κ3) is 9.30. The molecule has 8 heteroatoms. The van der Waals surface area contributed by atoms with E-state index in [9.17, 15) is 0 Å². The average molecular weight is 751 g/mol. The molecule has 8 rings (SSSR count). The van der Waals surface area contributed by atoms with Crippen LogP contribution in [0, 0.1) is 5.92 Å². The van der Waals surface area contributed by atoms with Gasteiger partial charge in [0, 0.05) is 62.0 Å². The van der Waals surface area contributed by atoms with Gasteiger partial charge in [-0.05, 0) is 33.7 Å². The highest BCUT2D eigenvalue weighted by Crippen LogP contribution is 2.66. The van der Waals surface area contributed by atoms with E-state index in [1.54, 1.807) is 0 Å². The number of hydrogen-bond acceptors (Lipinski definition) is 8. The monoisotopic (exact) mass is 750 g/mol. The second-order valence-electron chi connectivity index (χ2n) is 15.2. The predicted molar refractivity (Wildman–Crippen MR) is 233 cm³/mol. The van der Waals surface area contributed by atoms with Crippen molar-refractivity contribution in [3.05, 3.63) is 203 Å². The summed E-state index contributed by atoms with van der Waals surface area (Å²) in [6.07, 6.45) is 0. The molecule has 286 valence electrons. The first kappa shape index (κ1) is 37.4. The minimum Gasteiger partial charge on any atom is -0.366 e.